The third kappa shape index (κ3) is 3.51. The van der Waals surface area contributed by atoms with Crippen molar-refractivity contribution in [2.75, 3.05) is 12.1 Å². The van der Waals surface area contributed by atoms with Gasteiger partial charge in [-0.2, -0.15) is 0 Å². The van der Waals surface area contributed by atoms with Gasteiger partial charge in [-0.05, 0) is 57.9 Å². The molecule has 4 nitrogen and oxygen atoms in total. The van der Waals surface area contributed by atoms with E-state index in [9.17, 15) is 4.79 Å². The van der Waals surface area contributed by atoms with Gasteiger partial charge < -0.3 is 14.8 Å². The topological polar surface area (TPSA) is 47.6 Å². The van der Waals surface area contributed by atoms with E-state index in [1.807, 2.05) is 36.4 Å². The number of rotatable bonds is 3. The Kier molecular flexibility index (Phi) is 4.49. The summed E-state index contributed by atoms with van der Waals surface area (Å²) < 4.78 is 12.3. The second kappa shape index (κ2) is 6.54. The summed E-state index contributed by atoms with van der Waals surface area (Å²) in [6, 6.07) is 11.1. The summed E-state index contributed by atoms with van der Waals surface area (Å²) in [5.41, 5.74) is 1.58. The van der Waals surface area contributed by atoms with E-state index in [-0.39, 0.29) is 12.7 Å². The normalized spacial score (nSPS) is 12.6. The Balaban J connectivity index is 1.68. The van der Waals surface area contributed by atoms with Crippen molar-refractivity contribution in [3.05, 3.63) is 57.0 Å². The summed E-state index contributed by atoms with van der Waals surface area (Å²) in [5, 5.41) is 2.81. The molecule has 0 unspecified atom stereocenters. The average Bonchev–Trinajstić information content (AvgIpc) is 2.95. The minimum absolute atomic E-state index is 0.208. The number of carbonyl (C=O) groups excluding carboxylic acids is 1. The fourth-order valence-corrected chi connectivity index (χ4v) is 3.10. The maximum absolute atomic E-state index is 12.0. The number of hydrogen-bond acceptors (Lipinski definition) is 3. The van der Waals surface area contributed by atoms with Gasteiger partial charge in [0.1, 0.15) is 0 Å². The zero-order chi connectivity index (χ0) is 15.5. The molecule has 2 aromatic carbocycles. The quantitative estimate of drug-likeness (QED) is 0.733. The minimum atomic E-state index is -0.208. The van der Waals surface area contributed by atoms with Crippen LogP contribution in [0.3, 0.4) is 0 Å². The number of amides is 1. The van der Waals surface area contributed by atoms with Crippen LogP contribution in [0.15, 0.2) is 51.4 Å². The Hall–Kier alpha value is -1.79. The van der Waals surface area contributed by atoms with Crippen LogP contribution in [0.5, 0.6) is 11.5 Å². The van der Waals surface area contributed by atoms with Crippen LogP contribution in [-0.4, -0.2) is 12.7 Å². The van der Waals surface area contributed by atoms with Crippen molar-refractivity contribution in [3.63, 3.8) is 0 Å². The molecule has 1 aliphatic heterocycles. The van der Waals surface area contributed by atoms with Gasteiger partial charge in [-0.3, -0.25) is 4.79 Å². The van der Waals surface area contributed by atoms with Crippen molar-refractivity contribution in [1.29, 1.82) is 0 Å². The van der Waals surface area contributed by atoms with Gasteiger partial charge in [-0.15, -0.1) is 0 Å². The first kappa shape index (κ1) is 15.1. The molecule has 112 valence electrons. The molecule has 2 aromatic rings. The van der Waals surface area contributed by atoms with E-state index in [0.29, 0.717) is 11.4 Å². The molecule has 0 spiro atoms. The number of benzene rings is 2. The van der Waals surface area contributed by atoms with Gasteiger partial charge in [0.15, 0.2) is 11.5 Å². The molecule has 0 saturated heterocycles. The number of nitrogens with one attached hydrogen (secondary N) is 1. The lowest BCUT2D eigenvalue weighted by atomic mass is 10.2. The van der Waals surface area contributed by atoms with Gasteiger partial charge in [0, 0.05) is 15.0 Å². The summed E-state index contributed by atoms with van der Waals surface area (Å²) in [4.78, 5) is 12.0. The summed E-state index contributed by atoms with van der Waals surface area (Å²) in [5.74, 6) is 1.21. The molecule has 0 radical (unpaired) electrons. The Morgan fingerprint density at radius 3 is 2.73 bits per heavy atom. The molecule has 0 bridgehead atoms. The molecule has 0 saturated carbocycles. The zero-order valence-corrected chi connectivity index (χ0v) is 14.5. The first-order valence-corrected chi connectivity index (χ1v) is 8.04. The number of ether oxygens (including phenoxy) is 2. The smallest absolute Gasteiger partial charge is 0.248 e. The average molecular weight is 425 g/mol. The molecule has 22 heavy (non-hydrogen) atoms. The van der Waals surface area contributed by atoms with Crippen molar-refractivity contribution in [2.24, 2.45) is 0 Å². The van der Waals surface area contributed by atoms with Gasteiger partial charge in [-0.1, -0.05) is 22.0 Å². The van der Waals surface area contributed by atoms with E-state index < -0.39 is 0 Å². The molecule has 3 rings (SSSR count). The highest BCUT2D eigenvalue weighted by Crippen LogP contribution is 2.32. The first-order chi connectivity index (χ1) is 10.6. The molecule has 1 amide bonds. The van der Waals surface area contributed by atoms with E-state index in [1.54, 1.807) is 6.08 Å². The van der Waals surface area contributed by atoms with Crippen LogP contribution in [0, 0.1) is 0 Å². The van der Waals surface area contributed by atoms with Crippen molar-refractivity contribution in [1.82, 2.24) is 0 Å². The Labute approximate surface area is 144 Å². The first-order valence-electron chi connectivity index (χ1n) is 6.45. The SMILES string of the molecule is O=C(C=Cc1ccc2c(c1)OCO2)Nc1ccc(Br)cc1Br. The fourth-order valence-electron chi connectivity index (χ4n) is 1.95. The lowest BCUT2D eigenvalue weighted by molar-refractivity contribution is -0.111. The molecule has 0 aliphatic carbocycles. The van der Waals surface area contributed by atoms with E-state index >= 15 is 0 Å². The maximum Gasteiger partial charge on any atom is 0.248 e. The Bertz CT molecular complexity index is 759. The number of fused-ring (bicyclic) bond motifs is 1. The molecule has 1 aliphatic rings. The zero-order valence-electron chi connectivity index (χ0n) is 11.3. The summed E-state index contributed by atoms with van der Waals surface area (Å²) in [7, 11) is 0. The van der Waals surface area contributed by atoms with Gasteiger partial charge in [-0.25, -0.2) is 0 Å². The van der Waals surface area contributed by atoms with Gasteiger partial charge in [0.2, 0.25) is 12.7 Å². The second-order valence-electron chi connectivity index (χ2n) is 4.56. The Morgan fingerprint density at radius 1 is 1.09 bits per heavy atom. The van der Waals surface area contributed by atoms with E-state index in [2.05, 4.69) is 37.2 Å². The largest absolute Gasteiger partial charge is 0.454 e. The third-order valence-electron chi connectivity index (χ3n) is 3.01. The molecule has 1 N–H and O–H groups in total. The highest BCUT2D eigenvalue weighted by Gasteiger charge is 2.12. The predicted octanol–water partition coefficient (Wildman–Crippen LogP) is 4.59. The fraction of sp³-hybridized carbons (Fsp3) is 0.0625. The summed E-state index contributed by atoms with van der Waals surface area (Å²) >= 11 is 6.78. The van der Waals surface area contributed by atoms with Crippen molar-refractivity contribution in [3.8, 4) is 11.5 Å². The minimum Gasteiger partial charge on any atom is -0.454 e. The number of hydrogen-bond donors (Lipinski definition) is 1. The summed E-state index contributed by atoms with van der Waals surface area (Å²) in [6.07, 6.45) is 3.20. The molecule has 6 heteroatoms. The van der Waals surface area contributed by atoms with Crippen LogP contribution in [-0.2, 0) is 4.79 Å². The molecular weight excluding hydrogens is 414 g/mol. The number of carbonyl (C=O) groups is 1. The Morgan fingerprint density at radius 2 is 1.91 bits per heavy atom. The summed E-state index contributed by atoms with van der Waals surface area (Å²) in [6.45, 7) is 0.237. The molecule has 1 heterocycles. The van der Waals surface area contributed by atoms with Gasteiger partial charge >= 0.3 is 0 Å². The van der Waals surface area contributed by atoms with E-state index in [4.69, 9.17) is 9.47 Å². The highest BCUT2D eigenvalue weighted by molar-refractivity contribution is 9.11. The predicted molar refractivity (Wildman–Crippen MR) is 92.1 cm³/mol. The van der Waals surface area contributed by atoms with Gasteiger partial charge in [0.05, 0.1) is 5.69 Å². The van der Waals surface area contributed by atoms with Crippen molar-refractivity contribution >= 4 is 49.5 Å². The highest BCUT2D eigenvalue weighted by atomic mass is 79.9. The van der Waals surface area contributed by atoms with Crippen LogP contribution in [0.1, 0.15) is 5.56 Å². The molecular formula is C16H11Br2NO3. The lowest BCUT2D eigenvalue weighted by Gasteiger charge is -2.05. The number of halogens is 2. The van der Waals surface area contributed by atoms with Crippen LogP contribution in [0.2, 0.25) is 0 Å². The molecule has 0 aromatic heterocycles. The maximum atomic E-state index is 12.0. The van der Waals surface area contributed by atoms with E-state index in [0.717, 1.165) is 20.3 Å². The lowest BCUT2D eigenvalue weighted by Crippen LogP contribution is -2.08. The monoisotopic (exact) mass is 423 g/mol. The third-order valence-corrected chi connectivity index (χ3v) is 4.16. The molecule has 0 atom stereocenters. The van der Waals surface area contributed by atoms with Gasteiger partial charge in [0.25, 0.3) is 0 Å². The van der Waals surface area contributed by atoms with Crippen molar-refractivity contribution in [2.45, 2.75) is 0 Å². The number of anilines is 1. The van der Waals surface area contributed by atoms with Crippen LogP contribution >= 0.6 is 31.9 Å². The van der Waals surface area contributed by atoms with Crippen LogP contribution < -0.4 is 14.8 Å². The van der Waals surface area contributed by atoms with E-state index in [1.165, 1.54) is 6.08 Å². The van der Waals surface area contributed by atoms with Crippen LogP contribution in [0.4, 0.5) is 5.69 Å². The van der Waals surface area contributed by atoms with Crippen LogP contribution in [0.25, 0.3) is 6.08 Å². The second-order valence-corrected chi connectivity index (χ2v) is 6.33. The van der Waals surface area contributed by atoms with Crippen molar-refractivity contribution < 1.29 is 14.3 Å². The standard InChI is InChI=1S/C16H11Br2NO3/c17-11-3-4-13(12(18)8-11)19-16(20)6-2-10-1-5-14-15(7-10)22-9-21-14/h1-8H,9H2,(H,19,20). The molecule has 0 fully saturated rings.